The zero-order valence-electron chi connectivity index (χ0n) is 11.7. The van der Waals surface area contributed by atoms with Crippen LogP contribution in [0.15, 0.2) is 46.9 Å². The van der Waals surface area contributed by atoms with Gasteiger partial charge in [-0.15, -0.1) is 11.3 Å². The number of carbonyl (C=O) groups is 1. The fraction of sp³-hybridized carbons (Fsp3) is 0.188. The maximum Gasteiger partial charge on any atom is 0.264 e. The van der Waals surface area contributed by atoms with Crippen molar-refractivity contribution in [2.45, 2.75) is 13.0 Å². The summed E-state index contributed by atoms with van der Waals surface area (Å²) in [4.78, 5) is 14.7. The molecule has 1 unspecified atom stereocenters. The highest BCUT2D eigenvalue weighted by Crippen LogP contribution is 2.29. The van der Waals surface area contributed by atoms with E-state index in [9.17, 15) is 4.79 Å². The Balaban J connectivity index is 1.86. The number of nitrogens with zero attached hydrogens (tertiary/aromatic N) is 1. The molecule has 0 aliphatic carbocycles. The van der Waals surface area contributed by atoms with E-state index in [4.69, 9.17) is 16.0 Å². The maximum absolute atomic E-state index is 12.4. The quantitative estimate of drug-likeness (QED) is 0.682. The predicted molar refractivity (Wildman–Crippen MR) is 86.1 cm³/mol. The second-order valence-corrected chi connectivity index (χ2v) is 6.60. The summed E-state index contributed by atoms with van der Waals surface area (Å²) in [6.07, 6.45) is 0. The van der Waals surface area contributed by atoms with Crippen molar-refractivity contribution in [3.63, 3.8) is 0 Å². The minimum atomic E-state index is -0.147. The number of hydrogen-bond acceptors (Lipinski definition) is 3. The summed E-state index contributed by atoms with van der Waals surface area (Å²) >= 11 is 7.17. The highest BCUT2D eigenvalue weighted by Gasteiger charge is 2.22. The minimum Gasteiger partial charge on any atom is -0.459 e. The SMILES string of the molecule is CC(c1cc2ccccc2o1)N(C)C(=O)c1ccc(Cl)s1. The smallest absolute Gasteiger partial charge is 0.264 e. The van der Waals surface area contributed by atoms with E-state index in [-0.39, 0.29) is 11.9 Å². The first-order valence-electron chi connectivity index (χ1n) is 6.57. The number of fused-ring (bicyclic) bond motifs is 1. The number of thiophene rings is 1. The third kappa shape index (κ3) is 2.69. The second-order valence-electron chi connectivity index (χ2n) is 4.88. The minimum absolute atomic E-state index is 0.0557. The van der Waals surface area contributed by atoms with Gasteiger partial charge in [-0.05, 0) is 31.2 Å². The maximum atomic E-state index is 12.4. The number of para-hydroxylation sites is 1. The van der Waals surface area contributed by atoms with Crippen molar-refractivity contribution in [2.24, 2.45) is 0 Å². The van der Waals surface area contributed by atoms with Crippen molar-refractivity contribution >= 4 is 39.8 Å². The lowest BCUT2D eigenvalue weighted by Crippen LogP contribution is -2.28. The molecule has 0 N–H and O–H groups in total. The van der Waals surface area contributed by atoms with Crippen LogP contribution in [0.5, 0.6) is 0 Å². The number of amides is 1. The van der Waals surface area contributed by atoms with E-state index in [0.717, 1.165) is 16.7 Å². The van der Waals surface area contributed by atoms with E-state index in [0.29, 0.717) is 9.21 Å². The zero-order valence-corrected chi connectivity index (χ0v) is 13.2. The van der Waals surface area contributed by atoms with Gasteiger partial charge in [0.25, 0.3) is 5.91 Å². The number of hydrogen-bond donors (Lipinski definition) is 0. The van der Waals surface area contributed by atoms with Gasteiger partial charge in [0, 0.05) is 12.4 Å². The Morgan fingerprint density at radius 1 is 1.29 bits per heavy atom. The van der Waals surface area contributed by atoms with E-state index in [1.165, 1.54) is 11.3 Å². The molecule has 3 aromatic rings. The van der Waals surface area contributed by atoms with Crippen LogP contribution in [0.1, 0.15) is 28.4 Å². The van der Waals surface area contributed by atoms with E-state index in [2.05, 4.69) is 0 Å². The Bertz CT molecular complexity index is 759. The van der Waals surface area contributed by atoms with Crippen LogP contribution in [0.4, 0.5) is 0 Å². The highest BCUT2D eigenvalue weighted by molar-refractivity contribution is 7.17. The van der Waals surface area contributed by atoms with Gasteiger partial charge in [-0.1, -0.05) is 29.8 Å². The average Bonchev–Trinajstić information content (AvgIpc) is 3.10. The van der Waals surface area contributed by atoms with Crippen LogP contribution in [-0.2, 0) is 0 Å². The molecule has 0 saturated carbocycles. The van der Waals surface area contributed by atoms with Gasteiger partial charge in [0.1, 0.15) is 11.3 Å². The van der Waals surface area contributed by atoms with Crippen molar-refractivity contribution in [3.05, 3.63) is 57.4 Å². The monoisotopic (exact) mass is 319 g/mol. The van der Waals surface area contributed by atoms with Crippen LogP contribution >= 0.6 is 22.9 Å². The Morgan fingerprint density at radius 2 is 2.05 bits per heavy atom. The molecular weight excluding hydrogens is 306 g/mol. The number of carbonyl (C=O) groups excluding carboxylic acids is 1. The van der Waals surface area contributed by atoms with E-state index in [1.54, 1.807) is 24.1 Å². The zero-order chi connectivity index (χ0) is 15.0. The molecule has 0 radical (unpaired) electrons. The second kappa shape index (κ2) is 5.54. The molecule has 1 atom stereocenters. The standard InChI is InChI=1S/C16H14ClNO2S/c1-10(13-9-11-5-3-4-6-12(11)20-13)18(2)16(19)14-7-8-15(17)21-14/h3-10H,1-2H3. The van der Waals surface area contributed by atoms with Gasteiger partial charge in [-0.25, -0.2) is 0 Å². The van der Waals surface area contributed by atoms with E-state index >= 15 is 0 Å². The molecule has 0 spiro atoms. The molecule has 3 nitrogen and oxygen atoms in total. The largest absolute Gasteiger partial charge is 0.459 e. The van der Waals surface area contributed by atoms with Crippen LogP contribution in [-0.4, -0.2) is 17.9 Å². The van der Waals surface area contributed by atoms with Gasteiger partial charge >= 0.3 is 0 Å². The molecule has 0 fully saturated rings. The van der Waals surface area contributed by atoms with Crippen LogP contribution in [0, 0.1) is 0 Å². The average molecular weight is 320 g/mol. The summed E-state index contributed by atoms with van der Waals surface area (Å²) in [5.41, 5.74) is 0.833. The Morgan fingerprint density at radius 3 is 2.71 bits per heavy atom. The number of benzene rings is 1. The topological polar surface area (TPSA) is 33.5 Å². The lowest BCUT2D eigenvalue weighted by Gasteiger charge is -2.22. The first kappa shape index (κ1) is 14.2. The summed E-state index contributed by atoms with van der Waals surface area (Å²) in [5, 5.41) is 1.04. The first-order valence-corrected chi connectivity index (χ1v) is 7.76. The summed E-state index contributed by atoms with van der Waals surface area (Å²) < 4.78 is 6.44. The van der Waals surface area contributed by atoms with Crippen molar-refractivity contribution in [1.82, 2.24) is 4.90 Å². The number of halogens is 1. The van der Waals surface area contributed by atoms with Gasteiger partial charge in [0.05, 0.1) is 15.3 Å². The molecule has 1 aromatic carbocycles. The molecule has 3 rings (SSSR count). The molecule has 21 heavy (non-hydrogen) atoms. The normalized spacial score (nSPS) is 12.5. The van der Waals surface area contributed by atoms with Gasteiger partial charge < -0.3 is 9.32 Å². The van der Waals surface area contributed by atoms with Crippen molar-refractivity contribution in [2.75, 3.05) is 7.05 Å². The molecule has 1 amide bonds. The Hall–Kier alpha value is -1.78. The third-order valence-corrected chi connectivity index (χ3v) is 4.76. The third-order valence-electron chi connectivity index (χ3n) is 3.54. The number of rotatable bonds is 3. The Labute approximate surface area is 131 Å². The number of furan rings is 1. The van der Waals surface area contributed by atoms with Gasteiger partial charge in [0.15, 0.2) is 0 Å². The van der Waals surface area contributed by atoms with Gasteiger partial charge in [-0.2, -0.15) is 0 Å². The first-order chi connectivity index (χ1) is 10.1. The van der Waals surface area contributed by atoms with Crippen molar-refractivity contribution in [3.8, 4) is 0 Å². The summed E-state index contributed by atoms with van der Waals surface area (Å²) in [5.74, 6) is 0.717. The lowest BCUT2D eigenvalue weighted by atomic mass is 10.2. The lowest BCUT2D eigenvalue weighted by molar-refractivity contribution is 0.0732. The van der Waals surface area contributed by atoms with Crippen LogP contribution in [0.3, 0.4) is 0 Å². The molecule has 108 valence electrons. The molecule has 2 heterocycles. The molecule has 2 aromatic heterocycles. The van der Waals surface area contributed by atoms with Crippen LogP contribution in [0.25, 0.3) is 11.0 Å². The fourth-order valence-electron chi connectivity index (χ4n) is 2.18. The van der Waals surface area contributed by atoms with Gasteiger partial charge in [-0.3, -0.25) is 4.79 Å². The molecular formula is C16H14ClNO2S. The molecule has 0 saturated heterocycles. The summed E-state index contributed by atoms with van der Waals surface area (Å²) in [6.45, 7) is 1.95. The summed E-state index contributed by atoms with van der Waals surface area (Å²) in [6, 6.07) is 13.1. The fourth-order valence-corrected chi connectivity index (χ4v) is 3.20. The molecule has 5 heteroatoms. The van der Waals surface area contributed by atoms with Gasteiger partial charge in [0.2, 0.25) is 0 Å². The van der Waals surface area contributed by atoms with Crippen LogP contribution in [0.2, 0.25) is 4.34 Å². The molecule has 0 aliphatic heterocycles. The van der Waals surface area contributed by atoms with E-state index < -0.39 is 0 Å². The van der Waals surface area contributed by atoms with Crippen molar-refractivity contribution < 1.29 is 9.21 Å². The predicted octanol–water partition coefficient (Wildman–Crippen LogP) is 4.98. The van der Waals surface area contributed by atoms with Crippen molar-refractivity contribution in [1.29, 1.82) is 0 Å². The molecule has 0 bridgehead atoms. The highest BCUT2D eigenvalue weighted by atomic mass is 35.5. The summed E-state index contributed by atoms with van der Waals surface area (Å²) in [7, 11) is 1.77. The van der Waals surface area contributed by atoms with E-state index in [1.807, 2.05) is 37.3 Å². The molecule has 0 aliphatic rings. The Kier molecular flexibility index (Phi) is 3.74. The van der Waals surface area contributed by atoms with Crippen LogP contribution < -0.4 is 0 Å².